The van der Waals surface area contributed by atoms with Gasteiger partial charge in [0.25, 0.3) is 0 Å². The van der Waals surface area contributed by atoms with Crippen LogP contribution in [0.2, 0.25) is 0 Å². The van der Waals surface area contributed by atoms with Gasteiger partial charge in [0.15, 0.2) is 5.11 Å². The number of amides is 1. The van der Waals surface area contributed by atoms with Gasteiger partial charge in [-0.25, -0.2) is 0 Å². The number of carbonyl (C=O) groups excluding carboxylic acids is 1. The molecule has 0 aromatic heterocycles. The Morgan fingerprint density at radius 1 is 1.27 bits per heavy atom. The van der Waals surface area contributed by atoms with Crippen molar-refractivity contribution in [1.29, 1.82) is 0 Å². The monoisotopic (exact) mass is 322 g/mol. The molecule has 1 rings (SSSR count). The average Bonchev–Trinajstić information content (AvgIpc) is 2.46. The summed E-state index contributed by atoms with van der Waals surface area (Å²) in [6, 6.07) is 7.55. The second-order valence-electron chi connectivity index (χ2n) is 5.66. The van der Waals surface area contributed by atoms with Crippen molar-refractivity contribution in [2.24, 2.45) is 5.92 Å². The molecule has 122 valence electrons. The fourth-order valence-corrected chi connectivity index (χ4v) is 1.97. The Balaban J connectivity index is 2.37. The van der Waals surface area contributed by atoms with E-state index >= 15 is 0 Å². The molecular formula is C17H26N2O2S. The van der Waals surface area contributed by atoms with Gasteiger partial charge in [-0.05, 0) is 55.2 Å². The van der Waals surface area contributed by atoms with Gasteiger partial charge in [0.1, 0.15) is 5.75 Å². The number of rotatable bonds is 8. The third-order valence-corrected chi connectivity index (χ3v) is 3.29. The van der Waals surface area contributed by atoms with E-state index in [-0.39, 0.29) is 5.91 Å². The second-order valence-corrected chi connectivity index (χ2v) is 6.07. The lowest BCUT2D eigenvalue weighted by molar-refractivity contribution is -0.119. The van der Waals surface area contributed by atoms with Gasteiger partial charge in [-0.1, -0.05) is 27.2 Å². The highest BCUT2D eigenvalue weighted by molar-refractivity contribution is 7.80. The van der Waals surface area contributed by atoms with Gasteiger partial charge >= 0.3 is 0 Å². The van der Waals surface area contributed by atoms with Gasteiger partial charge in [-0.3, -0.25) is 4.79 Å². The molecule has 0 radical (unpaired) electrons. The number of nitrogens with one attached hydrogen (secondary N) is 2. The molecular weight excluding hydrogens is 296 g/mol. The first-order chi connectivity index (χ1) is 10.5. The van der Waals surface area contributed by atoms with Crippen LogP contribution in [0.25, 0.3) is 0 Å². The maximum atomic E-state index is 11.6. The molecule has 0 bridgehead atoms. The Morgan fingerprint density at radius 2 is 1.95 bits per heavy atom. The SMILES string of the molecule is CCCCC(=O)NC(=S)Nc1ccc(OCCC(C)C)cc1. The predicted octanol–water partition coefficient (Wildman–Crippen LogP) is 4.11. The topological polar surface area (TPSA) is 50.4 Å². The first-order valence-electron chi connectivity index (χ1n) is 7.85. The lowest BCUT2D eigenvalue weighted by Gasteiger charge is -2.11. The van der Waals surface area contributed by atoms with Crippen LogP contribution in [0.5, 0.6) is 5.75 Å². The zero-order chi connectivity index (χ0) is 16.4. The predicted molar refractivity (Wildman–Crippen MR) is 95.3 cm³/mol. The third-order valence-electron chi connectivity index (χ3n) is 3.09. The number of benzene rings is 1. The average molecular weight is 322 g/mol. The normalized spacial score (nSPS) is 10.4. The van der Waals surface area contributed by atoms with E-state index in [2.05, 4.69) is 31.4 Å². The highest BCUT2D eigenvalue weighted by Gasteiger charge is 2.04. The lowest BCUT2D eigenvalue weighted by atomic mass is 10.1. The highest BCUT2D eigenvalue weighted by atomic mass is 32.1. The first-order valence-corrected chi connectivity index (χ1v) is 8.25. The summed E-state index contributed by atoms with van der Waals surface area (Å²) in [5, 5.41) is 6.00. The number of ether oxygens (including phenoxy) is 1. The fourth-order valence-electron chi connectivity index (χ4n) is 1.74. The van der Waals surface area contributed by atoms with Crippen LogP contribution >= 0.6 is 12.2 Å². The van der Waals surface area contributed by atoms with Crippen molar-refractivity contribution in [3.63, 3.8) is 0 Å². The van der Waals surface area contributed by atoms with Crippen LogP contribution in [-0.4, -0.2) is 17.6 Å². The van der Waals surface area contributed by atoms with E-state index in [1.54, 1.807) is 0 Å². The van der Waals surface area contributed by atoms with E-state index in [1.165, 1.54) is 0 Å². The van der Waals surface area contributed by atoms with Crippen LogP contribution in [0.3, 0.4) is 0 Å². The summed E-state index contributed by atoms with van der Waals surface area (Å²) in [5.74, 6) is 1.42. The Morgan fingerprint density at radius 3 is 2.55 bits per heavy atom. The largest absolute Gasteiger partial charge is 0.494 e. The van der Waals surface area contributed by atoms with Crippen LogP contribution in [0, 0.1) is 5.92 Å². The molecule has 5 heteroatoms. The van der Waals surface area contributed by atoms with E-state index in [0.29, 0.717) is 17.5 Å². The lowest BCUT2D eigenvalue weighted by Crippen LogP contribution is -2.33. The maximum absolute atomic E-state index is 11.6. The standard InChI is InChI=1S/C17H26N2O2S/c1-4-5-6-16(20)19-17(22)18-14-7-9-15(10-8-14)21-12-11-13(2)3/h7-10,13H,4-6,11-12H2,1-3H3,(H2,18,19,20,22). The molecule has 0 atom stereocenters. The van der Waals surface area contributed by atoms with Crippen molar-refractivity contribution in [1.82, 2.24) is 5.32 Å². The van der Waals surface area contributed by atoms with E-state index in [9.17, 15) is 4.79 Å². The first kappa shape index (κ1) is 18.4. The van der Waals surface area contributed by atoms with Crippen LogP contribution < -0.4 is 15.4 Å². The smallest absolute Gasteiger partial charge is 0.226 e. The number of unbranched alkanes of at least 4 members (excludes halogenated alkanes) is 1. The van der Waals surface area contributed by atoms with Crippen molar-refractivity contribution in [3.05, 3.63) is 24.3 Å². The number of thiocarbonyl (C=S) groups is 1. The minimum absolute atomic E-state index is 0.0482. The summed E-state index contributed by atoms with van der Waals surface area (Å²) in [6.07, 6.45) is 3.40. The molecule has 0 heterocycles. The zero-order valence-electron chi connectivity index (χ0n) is 13.6. The molecule has 0 fully saturated rings. The molecule has 0 spiro atoms. The molecule has 0 saturated heterocycles. The molecule has 1 amide bonds. The summed E-state index contributed by atoms with van der Waals surface area (Å²) < 4.78 is 5.66. The van der Waals surface area contributed by atoms with Crippen LogP contribution in [0.4, 0.5) is 5.69 Å². The summed E-state index contributed by atoms with van der Waals surface area (Å²) in [4.78, 5) is 11.6. The Labute approximate surface area is 138 Å². The summed E-state index contributed by atoms with van der Waals surface area (Å²) in [6.45, 7) is 7.11. The van der Waals surface area contributed by atoms with Crippen LogP contribution in [0.1, 0.15) is 46.5 Å². The van der Waals surface area contributed by atoms with Gasteiger partial charge in [0.05, 0.1) is 6.61 Å². The number of hydrogen-bond acceptors (Lipinski definition) is 3. The quantitative estimate of drug-likeness (QED) is 0.707. The molecule has 0 aliphatic rings. The van der Waals surface area contributed by atoms with E-state index in [0.717, 1.165) is 37.3 Å². The van der Waals surface area contributed by atoms with E-state index < -0.39 is 0 Å². The number of carbonyl (C=O) groups is 1. The summed E-state index contributed by atoms with van der Waals surface area (Å²) in [7, 11) is 0. The Bertz CT molecular complexity index is 472. The summed E-state index contributed by atoms with van der Waals surface area (Å²) >= 11 is 5.12. The molecule has 0 aliphatic heterocycles. The van der Waals surface area contributed by atoms with Crippen molar-refractivity contribution < 1.29 is 9.53 Å². The second kappa shape index (κ2) is 10.2. The Hall–Kier alpha value is -1.62. The van der Waals surface area contributed by atoms with E-state index in [1.807, 2.05) is 24.3 Å². The van der Waals surface area contributed by atoms with Gasteiger partial charge in [0, 0.05) is 12.1 Å². The summed E-state index contributed by atoms with van der Waals surface area (Å²) in [5.41, 5.74) is 0.831. The Kier molecular flexibility index (Phi) is 8.51. The zero-order valence-corrected chi connectivity index (χ0v) is 14.5. The molecule has 2 N–H and O–H groups in total. The van der Waals surface area contributed by atoms with Crippen LogP contribution in [0.15, 0.2) is 24.3 Å². The molecule has 0 saturated carbocycles. The molecule has 0 aliphatic carbocycles. The van der Waals surface area contributed by atoms with Crippen molar-refractivity contribution in [3.8, 4) is 5.75 Å². The molecule has 22 heavy (non-hydrogen) atoms. The van der Waals surface area contributed by atoms with Gasteiger partial charge in [-0.2, -0.15) is 0 Å². The maximum Gasteiger partial charge on any atom is 0.226 e. The number of hydrogen-bond donors (Lipinski definition) is 2. The highest BCUT2D eigenvalue weighted by Crippen LogP contribution is 2.16. The van der Waals surface area contributed by atoms with Gasteiger partial charge < -0.3 is 15.4 Å². The fraction of sp³-hybridized carbons (Fsp3) is 0.529. The minimum Gasteiger partial charge on any atom is -0.494 e. The van der Waals surface area contributed by atoms with Crippen LogP contribution in [-0.2, 0) is 4.79 Å². The van der Waals surface area contributed by atoms with Crippen molar-refractivity contribution in [2.75, 3.05) is 11.9 Å². The van der Waals surface area contributed by atoms with Crippen molar-refractivity contribution in [2.45, 2.75) is 46.5 Å². The van der Waals surface area contributed by atoms with Crippen molar-refractivity contribution >= 4 is 28.9 Å². The minimum atomic E-state index is -0.0482. The third kappa shape index (κ3) is 7.98. The molecule has 4 nitrogen and oxygen atoms in total. The molecule has 1 aromatic carbocycles. The molecule has 0 unspecified atom stereocenters. The van der Waals surface area contributed by atoms with Gasteiger partial charge in [-0.15, -0.1) is 0 Å². The number of anilines is 1. The molecule has 1 aromatic rings. The van der Waals surface area contributed by atoms with Gasteiger partial charge in [0.2, 0.25) is 5.91 Å². The van der Waals surface area contributed by atoms with E-state index in [4.69, 9.17) is 17.0 Å².